The minimum Gasteiger partial charge on any atom is -0.340 e. The minimum absolute atomic E-state index is 0.814. The van der Waals surface area contributed by atoms with Crippen molar-refractivity contribution in [2.45, 2.75) is 13.8 Å². The van der Waals surface area contributed by atoms with Gasteiger partial charge in [0.2, 0.25) is 5.95 Å². The number of nitrogens with zero attached hydrogens (tertiary/aromatic N) is 4. The van der Waals surface area contributed by atoms with Gasteiger partial charge in [0, 0.05) is 37.3 Å². The Balaban J connectivity index is 1.68. The highest BCUT2D eigenvalue weighted by Gasteiger charge is 2.19. The summed E-state index contributed by atoms with van der Waals surface area (Å²) in [4.78, 5) is 14.5. The molecule has 1 aliphatic heterocycles. The highest BCUT2D eigenvalue weighted by Crippen LogP contribution is 2.27. The number of aromatic nitrogens is 2. The van der Waals surface area contributed by atoms with Gasteiger partial charge in [0.25, 0.3) is 0 Å². The fraction of sp³-hybridized carbons (Fsp3) is 0.333. The van der Waals surface area contributed by atoms with Crippen LogP contribution in [0, 0.1) is 6.92 Å². The molecule has 0 unspecified atom stereocenters. The zero-order valence-corrected chi connectivity index (χ0v) is 15.4. The van der Waals surface area contributed by atoms with Gasteiger partial charge in [-0.2, -0.15) is 4.98 Å². The summed E-state index contributed by atoms with van der Waals surface area (Å²) in [6.07, 6.45) is 0. The molecule has 1 aliphatic rings. The molecule has 134 valence electrons. The van der Waals surface area contributed by atoms with Gasteiger partial charge in [0.15, 0.2) is 0 Å². The van der Waals surface area contributed by atoms with E-state index in [1.54, 1.807) is 0 Å². The van der Waals surface area contributed by atoms with Crippen LogP contribution in [-0.2, 0) is 0 Å². The molecule has 0 bridgehead atoms. The number of piperazine rings is 1. The lowest BCUT2D eigenvalue weighted by molar-refractivity contribution is 0.270. The molecular formula is C21H25N5. The highest BCUT2D eigenvalue weighted by molar-refractivity contribution is 5.91. The molecule has 4 rings (SSSR count). The summed E-state index contributed by atoms with van der Waals surface area (Å²) in [5, 5.41) is 4.53. The number of likely N-dealkylation sites (N-methyl/N-ethyl adjacent to an activating group) is 1. The second-order valence-corrected chi connectivity index (χ2v) is 6.80. The quantitative estimate of drug-likeness (QED) is 0.777. The van der Waals surface area contributed by atoms with E-state index in [-0.39, 0.29) is 0 Å². The van der Waals surface area contributed by atoms with E-state index in [1.807, 2.05) is 12.1 Å². The fourth-order valence-electron chi connectivity index (χ4n) is 3.34. The summed E-state index contributed by atoms with van der Waals surface area (Å²) in [7, 11) is 0. The first-order valence-electron chi connectivity index (χ1n) is 9.30. The van der Waals surface area contributed by atoms with Crippen LogP contribution in [0.15, 0.2) is 48.5 Å². The molecule has 0 saturated carbocycles. The van der Waals surface area contributed by atoms with Gasteiger partial charge in [-0.05, 0) is 37.7 Å². The third-order valence-corrected chi connectivity index (χ3v) is 5.01. The molecular weight excluding hydrogens is 322 g/mol. The van der Waals surface area contributed by atoms with Crippen molar-refractivity contribution in [3.63, 3.8) is 0 Å². The molecule has 1 aromatic heterocycles. The normalized spacial score (nSPS) is 15.4. The summed E-state index contributed by atoms with van der Waals surface area (Å²) in [6.45, 7) is 9.48. The monoisotopic (exact) mass is 347 g/mol. The van der Waals surface area contributed by atoms with Crippen LogP contribution < -0.4 is 10.2 Å². The van der Waals surface area contributed by atoms with Gasteiger partial charge in [-0.15, -0.1) is 0 Å². The second-order valence-electron chi connectivity index (χ2n) is 6.80. The molecule has 2 aromatic carbocycles. The number of fused-ring (bicyclic) bond motifs is 1. The largest absolute Gasteiger partial charge is 0.340 e. The first-order chi connectivity index (χ1) is 12.7. The maximum absolute atomic E-state index is 4.88. The molecule has 0 atom stereocenters. The molecule has 1 fully saturated rings. The Morgan fingerprint density at radius 3 is 2.38 bits per heavy atom. The first-order valence-corrected chi connectivity index (χ1v) is 9.30. The van der Waals surface area contributed by atoms with Crippen molar-refractivity contribution in [1.82, 2.24) is 14.9 Å². The third-order valence-electron chi connectivity index (χ3n) is 5.01. The lowest BCUT2D eigenvalue weighted by Gasteiger charge is -2.34. The summed E-state index contributed by atoms with van der Waals surface area (Å²) < 4.78 is 0. The van der Waals surface area contributed by atoms with E-state index in [1.165, 1.54) is 5.56 Å². The smallest absolute Gasteiger partial charge is 0.227 e. The van der Waals surface area contributed by atoms with E-state index in [2.05, 4.69) is 65.4 Å². The van der Waals surface area contributed by atoms with E-state index >= 15 is 0 Å². The molecule has 0 spiro atoms. The fourth-order valence-corrected chi connectivity index (χ4v) is 3.34. The number of para-hydroxylation sites is 1. The number of aryl methyl sites for hydroxylation is 1. The number of hydrogen-bond acceptors (Lipinski definition) is 5. The summed E-state index contributed by atoms with van der Waals surface area (Å²) in [5.41, 5.74) is 3.27. The molecule has 0 radical (unpaired) electrons. The van der Waals surface area contributed by atoms with Gasteiger partial charge in [-0.25, -0.2) is 4.98 Å². The van der Waals surface area contributed by atoms with Gasteiger partial charge in [-0.1, -0.05) is 36.8 Å². The van der Waals surface area contributed by atoms with Gasteiger partial charge < -0.3 is 15.1 Å². The van der Waals surface area contributed by atoms with Crippen LogP contribution >= 0.6 is 0 Å². The molecule has 0 aliphatic carbocycles. The zero-order valence-electron chi connectivity index (χ0n) is 15.4. The Morgan fingerprint density at radius 2 is 1.65 bits per heavy atom. The van der Waals surface area contributed by atoms with Crippen molar-refractivity contribution in [3.05, 3.63) is 54.1 Å². The van der Waals surface area contributed by atoms with Crippen molar-refractivity contribution < 1.29 is 0 Å². The third kappa shape index (κ3) is 3.48. The minimum atomic E-state index is 0.814. The predicted octanol–water partition coefficient (Wildman–Crippen LogP) is 3.82. The van der Waals surface area contributed by atoms with Crippen LogP contribution in [0.4, 0.5) is 17.5 Å². The number of anilines is 3. The van der Waals surface area contributed by atoms with E-state index in [9.17, 15) is 0 Å². The van der Waals surface area contributed by atoms with Crippen molar-refractivity contribution in [2.75, 3.05) is 42.9 Å². The number of nitrogens with one attached hydrogen (secondary N) is 1. The van der Waals surface area contributed by atoms with Gasteiger partial charge >= 0.3 is 0 Å². The van der Waals surface area contributed by atoms with E-state index in [0.29, 0.717) is 0 Å². The molecule has 3 aromatic rings. The summed E-state index contributed by atoms with van der Waals surface area (Å²) >= 11 is 0. The molecule has 5 nitrogen and oxygen atoms in total. The first kappa shape index (κ1) is 16.8. The summed E-state index contributed by atoms with van der Waals surface area (Å²) in [6, 6.07) is 16.6. The van der Waals surface area contributed by atoms with Crippen LogP contribution in [0.5, 0.6) is 0 Å². The molecule has 1 N–H and O–H groups in total. The van der Waals surface area contributed by atoms with Crippen molar-refractivity contribution in [1.29, 1.82) is 0 Å². The summed E-state index contributed by atoms with van der Waals surface area (Å²) in [5.74, 6) is 1.68. The second kappa shape index (κ2) is 7.30. The SMILES string of the molecule is CCN1CCN(c2nc(Nc3ccc(C)cc3)c3ccccc3n2)CC1. The average Bonchev–Trinajstić information content (AvgIpc) is 2.69. The van der Waals surface area contributed by atoms with Crippen LogP contribution in [-0.4, -0.2) is 47.6 Å². The van der Waals surface area contributed by atoms with E-state index in [4.69, 9.17) is 9.97 Å². The Hall–Kier alpha value is -2.66. The van der Waals surface area contributed by atoms with E-state index < -0.39 is 0 Å². The molecule has 0 amide bonds. The lowest BCUT2D eigenvalue weighted by Crippen LogP contribution is -2.46. The van der Waals surface area contributed by atoms with Gasteiger partial charge in [0.05, 0.1) is 5.52 Å². The number of benzene rings is 2. The predicted molar refractivity (Wildman–Crippen MR) is 108 cm³/mol. The van der Waals surface area contributed by atoms with Crippen molar-refractivity contribution in [2.24, 2.45) is 0 Å². The molecule has 1 saturated heterocycles. The van der Waals surface area contributed by atoms with Crippen LogP contribution in [0.1, 0.15) is 12.5 Å². The number of rotatable bonds is 4. The molecule has 5 heteroatoms. The lowest BCUT2D eigenvalue weighted by atomic mass is 10.2. The van der Waals surface area contributed by atoms with Crippen LogP contribution in [0.3, 0.4) is 0 Å². The molecule has 2 heterocycles. The Bertz CT molecular complexity index is 883. The average molecular weight is 347 g/mol. The van der Waals surface area contributed by atoms with Crippen molar-refractivity contribution in [3.8, 4) is 0 Å². The Morgan fingerprint density at radius 1 is 0.923 bits per heavy atom. The number of hydrogen-bond donors (Lipinski definition) is 1. The zero-order chi connectivity index (χ0) is 17.9. The van der Waals surface area contributed by atoms with Crippen molar-refractivity contribution >= 4 is 28.4 Å². The Kier molecular flexibility index (Phi) is 4.71. The maximum Gasteiger partial charge on any atom is 0.227 e. The van der Waals surface area contributed by atoms with Crippen LogP contribution in [0.25, 0.3) is 10.9 Å². The molecule has 26 heavy (non-hydrogen) atoms. The van der Waals surface area contributed by atoms with Crippen LogP contribution in [0.2, 0.25) is 0 Å². The topological polar surface area (TPSA) is 44.3 Å². The Labute approximate surface area is 154 Å². The standard InChI is InChI=1S/C21H25N5/c1-3-25-12-14-26(15-13-25)21-23-19-7-5-4-6-18(19)20(24-21)22-17-10-8-16(2)9-11-17/h4-11H,3,12-15H2,1-2H3,(H,22,23,24). The van der Waals surface area contributed by atoms with Gasteiger partial charge in [-0.3, -0.25) is 0 Å². The van der Waals surface area contributed by atoms with Gasteiger partial charge in [0.1, 0.15) is 5.82 Å². The van der Waals surface area contributed by atoms with E-state index in [0.717, 1.165) is 61.1 Å². The maximum atomic E-state index is 4.88. The highest BCUT2D eigenvalue weighted by atomic mass is 15.3.